The second-order valence-corrected chi connectivity index (χ2v) is 46.4. The Morgan fingerprint density at radius 1 is 0.726 bits per heavy atom. The first-order valence-electron chi connectivity index (χ1n) is 35.5. The molecule has 2 saturated heterocycles. The molecule has 2 unspecified atom stereocenters. The average Bonchev–Trinajstić information content (AvgIpc) is 1.53. The van der Waals surface area contributed by atoms with Gasteiger partial charge in [0.25, 0.3) is 8.32 Å². The third-order valence-electron chi connectivity index (χ3n) is 19.6. The number of unbranched alkanes of at least 4 members (excludes halogenated alkanes) is 2. The van der Waals surface area contributed by atoms with Crippen LogP contribution in [0.3, 0.4) is 0 Å². The number of rotatable bonds is 23. The van der Waals surface area contributed by atoms with Gasteiger partial charge in [-0.1, -0.05) is 235 Å². The third-order valence-corrected chi connectivity index (χ3v) is 30.9. The molecule has 4 aromatic rings. The molecule has 4 aromatic carbocycles. The fourth-order valence-corrected chi connectivity index (χ4v) is 19.3. The van der Waals surface area contributed by atoms with Gasteiger partial charge in [0.2, 0.25) is 0 Å². The number of hydrogen-bond acceptors (Lipinski definition) is 11. The first kappa shape index (κ1) is 79.1. The van der Waals surface area contributed by atoms with Crippen LogP contribution in [-0.2, 0) is 50.1 Å². The summed E-state index contributed by atoms with van der Waals surface area (Å²) >= 11 is 0. The summed E-state index contributed by atoms with van der Waals surface area (Å²) in [5.74, 6) is -2.10. The van der Waals surface area contributed by atoms with E-state index in [1.54, 1.807) is 6.08 Å². The van der Waals surface area contributed by atoms with Crippen LogP contribution in [-0.4, -0.2) is 109 Å². The highest BCUT2D eigenvalue weighted by atomic mass is 28.4. The second kappa shape index (κ2) is 33.8. The van der Waals surface area contributed by atoms with E-state index in [9.17, 15) is 14.7 Å². The third kappa shape index (κ3) is 21.3. The number of ether oxygens (including phenoxy) is 6. The van der Waals surface area contributed by atoms with Crippen LogP contribution >= 0.6 is 0 Å². The van der Waals surface area contributed by atoms with Crippen molar-refractivity contribution in [3.63, 3.8) is 0 Å². The fourth-order valence-electron chi connectivity index (χ4n) is 12.6. The Kier molecular flexibility index (Phi) is 28.2. The Balaban J connectivity index is 0.000000372. The minimum atomic E-state index is -2.77. The van der Waals surface area contributed by atoms with Crippen LogP contribution in [0.1, 0.15) is 203 Å². The SMILES string of the molecule is CCCCc1ccc(C)c(C(=O)OCC[Si](C)(C)C)c1/C=C/C[C@@H]1OC(C)(C)O[C@@H]1C(/C=C\[C@@H](C)[C@H](C)O[Si](c1ccccc1)(c1ccccc1)C(C)(C)C)O[Si](C)(C)C(C)(C)C.CCCCc1ccc(C)c2c1/C=C/C[C@@H]1OC(C)(C)O[C@@H]1C(O)/C=C\[C@@H](C)[C@H](C)OC2=O. The number of carbonyl (C=O) groups is 2. The Hall–Kier alpha value is -4.85. The van der Waals surface area contributed by atoms with Crippen LogP contribution in [0, 0.1) is 25.7 Å². The lowest BCUT2D eigenvalue weighted by molar-refractivity contribution is -0.152. The van der Waals surface area contributed by atoms with Gasteiger partial charge in [-0.15, -0.1) is 0 Å². The van der Waals surface area contributed by atoms with E-state index in [4.69, 9.17) is 37.3 Å². The van der Waals surface area contributed by atoms with Gasteiger partial charge in [-0.3, -0.25) is 0 Å². The summed E-state index contributed by atoms with van der Waals surface area (Å²) in [5.41, 5.74) is 7.34. The van der Waals surface area contributed by atoms with Gasteiger partial charge in [0.15, 0.2) is 19.9 Å². The molecule has 14 heteroatoms. The van der Waals surface area contributed by atoms with Crippen LogP contribution in [0.25, 0.3) is 12.2 Å². The topological polar surface area (TPSA) is 128 Å². The molecule has 2 fully saturated rings. The number of carbonyl (C=O) groups excluding carboxylic acids is 2. The minimum absolute atomic E-state index is 0.0189. The van der Waals surface area contributed by atoms with E-state index in [-0.39, 0.29) is 70.5 Å². The molecule has 7 rings (SSSR count). The standard InChI is InChI=1S/C54H84O6Si3.C27H38O5/c1-18-19-27-43-36-34-41(3)49(51(55)56-38-39-61(13,14)15)46(43)32-26-33-47-50(58-54(11,12)57-47)48(60-62(16,17)52(5,6)7)37-35-40(2)42(4)59-63(53(8,9)10,44-28-22-20-23-29-44)45-30-24-21-25-31-45;1-7-8-10-20-15-13-18(3)24-21(20)11-9-12-23-25(32-27(5,6)31-23)22(28)16-14-17(2)19(4)30-26(24)29/h20-26,28-32,34-37,40,42,47-48,50H,18-19,27,33,38-39H2,1-17H3;9,11,13-17,19,22-23,25,28H,7-8,10,12H2,1-6H3/b32-26+,37-35-;11-9+,16-14-/t40-,42+,47+,48?,50+;17-,19+,22?,23+,25-/m11/s1. The second-order valence-electron chi connectivity index (χ2n) is 31.8. The summed E-state index contributed by atoms with van der Waals surface area (Å²) in [7, 11) is -6.43. The van der Waals surface area contributed by atoms with Crippen LogP contribution in [0.4, 0.5) is 0 Å². The average molecular weight is 1360 g/mol. The van der Waals surface area contributed by atoms with Gasteiger partial charge in [-0.2, -0.15) is 0 Å². The summed E-state index contributed by atoms with van der Waals surface area (Å²) in [6, 6.07) is 31.0. The molecule has 11 nitrogen and oxygen atoms in total. The predicted molar refractivity (Wildman–Crippen MR) is 401 cm³/mol. The zero-order valence-electron chi connectivity index (χ0n) is 62.6. The minimum Gasteiger partial charge on any atom is -0.462 e. The molecule has 0 amide bonds. The van der Waals surface area contributed by atoms with Crippen molar-refractivity contribution in [2.75, 3.05) is 6.61 Å². The number of fused-ring (bicyclic) bond motifs is 2. The Labute approximate surface area is 577 Å². The van der Waals surface area contributed by atoms with Crippen LogP contribution in [0.15, 0.2) is 121 Å². The normalized spacial score (nSPS) is 23.6. The highest BCUT2D eigenvalue weighted by Crippen LogP contribution is 2.43. The van der Waals surface area contributed by atoms with Gasteiger partial charge >= 0.3 is 11.9 Å². The fraction of sp³-hybridized carbons (Fsp3) is 0.580. The highest BCUT2D eigenvalue weighted by molar-refractivity contribution is 6.99. The maximum absolute atomic E-state index is 13.8. The van der Waals surface area contributed by atoms with Gasteiger partial charge in [0.05, 0.1) is 36.0 Å². The van der Waals surface area contributed by atoms with Crippen molar-refractivity contribution in [2.45, 2.75) is 285 Å². The largest absolute Gasteiger partial charge is 0.462 e. The van der Waals surface area contributed by atoms with Crippen molar-refractivity contribution in [3.8, 4) is 0 Å². The Morgan fingerprint density at radius 2 is 1.31 bits per heavy atom. The lowest BCUT2D eigenvalue weighted by Gasteiger charge is -2.45. The van der Waals surface area contributed by atoms with E-state index in [2.05, 4.69) is 205 Å². The molecule has 0 bridgehead atoms. The van der Waals surface area contributed by atoms with Crippen LogP contribution < -0.4 is 10.4 Å². The first-order valence-corrected chi connectivity index (χ1v) is 44.1. The van der Waals surface area contributed by atoms with Gasteiger partial charge < -0.3 is 42.4 Å². The maximum Gasteiger partial charge on any atom is 0.339 e. The molecule has 0 spiro atoms. The summed E-state index contributed by atoms with van der Waals surface area (Å²) < 4.78 is 52.4. The molecule has 0 saturated carbocycles. The van der Waals surface area contributed by atoms with E-state index in [0.29, 0.717) is 30.6 Å². The maximum atomic E-state index is 13.8. The van der Waals surface area contributed by atoms with E-state index < -0.39 is 48.5 Å². The van der Waals surface area contributed by atoms with Gasteiger partial charge in [0.1, 0.15) is 24.4 Å². The number of aryl methyl sites for hydroxylation is 4. The van der Waals surface area contributed by atoms with Crippen molar-refractivity contribution in [1.29, 1.82) is 0 Å². The van der Waals surface area contributed by atoms with Crippen molar-refractivity contribution in [3.05, 3.63) is 166 Å². The Bertz CT molecular complexity index is 3200. The molecule has 3 heterocycles. The zero-order chi connectivity index (χ0) is 70.5. The molecule has 0 radical (unpaired) electrons. The smallest absolute Gasteiger partial charge is 0.339 e. The summed E-state index contributed by atoms with van der Waals surface area (Å²) in [5, 5.41) is 13.2. The van der Waals surface area contributed by atoms with Crippen LogP contribution in [0.2, 0.25) is 48.9 Å². The van der Waals surface area contributed by atoms with Crippen molar-refractivity contribution in [2.24, 2.45) is 11.8 Å². The number of esters is 2. The van der Waals surface area contributed by atoms with E-state index in [0.717, 1.165) is 72.4 Å². The molecule has 0 aromatic heterocycles. The van der Waals surface area contributed by atoms with E-state index in [1.165, 1.54) is 15.9 Å². The van der Waals surface area contributed by atoms with Gasteiger partial charge in [0, 0.05) is 20.1 Å². The number of cyclic esters (lactones) is 1. The monoisotopic (exact) mass is 1350 g/mol. The number of benzene rings is 4. The molecule has 3 aliphatic heterocycles. The zero-order valence-corrected chi connectivity index (χ0v) is 65.6. The molecule has 0 aliphatic carbocycles. The predicted octanol–water partition coefficient (Wildman–Crippen LogP) is 18.7. The molecular formula is C81H122O11Si3. The van der Waals surface area contributed by atoms with E-state index >= 15 is 0 Å². The molecule has 3 aliphatic rings. The first-order chi connectivity index (χ1) is 44.4. The Morgan fingerprint density at radius 3 is 1.88 bits per heavy atom. The molecule has 1 N–H and O–H groups in total. The molecule has 10 atom stereocenters. The van der Waals surface area contributed by atoms with Crippen molar-refractivity contribution >= 4 is 59.2 Å². The van der Waals surface area contributed by atoms with Crippen molar-refractivity contribution in [1.82, 2.24) is 0 Å². The lowest BCUT2D eigenvalue weighted by atomic mass is 9.92. The quantitative estimate of drug-likeness (QED) is 0.0433. The van der Waals surface area contributed by atoms with Gasteiger partial charge in [-0.25, -0.2) is 9.59 Å². The molecule has 524 valence electrons. The van der Waals surface area contributed by atoms with E-state index in [1.807, 2.05) is 79.7 Å². The number of hydrogen-bond donors (Lipinski definition) is 1. The van der Waals surface area contributed by atoms with Crippen LogP contribution in [0.5, 0.6) is 0 Å². The van der Waals surface area contributed by atoms with Gasteiger partial charge in [-0.05, 0) is 173 Å². The summed E-state index contributed by atoms with van der Waals surface area (Å²) in [6.07, 6.45) is 20.7. The number of aliphatic hydroxyl groups is 1. The molecular weight excluding hydrogens is 1230 g/mol. The lowest BCUT2D eigenvalue weighted by Crippen LogP contribution is -2.67. The highest BCUT2D eigenvalue weighted by Gasteiger charge is 2.52. The molecule has 95 heavy (non-hydrogen) atoms. The summed E-state index contributed by atoms with van der Waals surface area (Å²) in [6.45, 7) is 50.2. The van der Waals surface area contributed by atoms with Crippen molar-refractivity contribution < 1.29 is 52.0 Å². The summed E-state index contributed by atoms with van der Waals surface area (Å²) in [4.78, 5) is 27.0. The number of aliphatic hydroxyl groups excluding tert-OH is 1.